The monoisotopic (exact) mass is 313 g/mol. The summed E-state index contributed by atoms with van der Waals surface area (Å²) < 4.78 is 10.4. The standard InChI is InChI=1S/C15H20ClNO4/c1-9(18)10-4-5-17(8-10)15(19)11-6-12(16)14(21-3)13(7-11)20-2/h6-7,9-10,18H,4-5,8H2,1-3H3. The van der Waals surface area contributed by atoms with Gasteiger partial charge in [-0.1, -0.05) is 11.6 Å². The van der Waals surface area contributed by atoms with Crippen LogP contribution in [0.5, 0.6) is 11.5 Å². The number of amides is 1. The van der Waals surface area contributed by atoms with E-state index >= 15 is 0 Å². The minimum atomic E-state index is -0.406. The molecule has 1 aliphatic heterocycles. The van der Waals surface area contributed by atoms with Crippen molar-refractivity contribution in [2.24, 2.45) is 5.92 Å². The molecule has 1 saturated heterocycles. The Morgan fingerprint density at radius 2 is 2.14 bits per heavy atom. The fourth-order valence-electron chi connectivity index (χ4n) is 2.59. The highest BCUT2D eigenvalue weighted by Gasteiger charge is 2.30. The summed E-state index contributed by atoms with van der Waals surface area (Å²) in [6, 6.07) is 3.21. The van der Waals surface area contributed by atoms with Gasteiger partial charge in [-0.3, -0.25) is 4.79 Å². The summed E-state index contributed by atoms with van der Waals surface area (Å²) in [6.07, 6.45) is 0.404. The Hall–Kier alpha value is -1.46. The van der Waals surface area contributed by atoms with Crippen molar-refractivity contribution in [2.75, 3.05) is 27.3 Å². The molecule has 2 rings (SSSR count). The minimum Gasteiger partial charge on any atom is -0.493 e. The Morgan fingerprint density at radius 1 is 1.43 bits per heavy atom. The lowest BCUT2D eigenvalue weighted by atomic mass is 10.0. The average molecular weight is 314 g/mol. The number of aliphatic hydroxyl groups excluding tert-OH is 1. The van der Waals surface area contributed by atoms with Gasteiger partial charge in [0.05, 0.1) is 25.3 Å². The van der Waals surface area contributed by atoms with Gasteiger partial charge < -0.3 is 19.5 Å². The fraction of sp³-hybridized carbons (Fsp3) is 0.533. The summed E-state index contributed by atoms with van der Waals surface area (Å²) in [5, 5.41) is 9.96. The first-order valence-electron chi connectivity index (χ1n) is 6.86. The van der Waals surface area contributed by atoms with Crippen molar-refractivity contribution < 1.29 is 19.4 Å². The normalized spacial score (nSPS) is 19.5. The largest absolute Gasteiger partial charge is 0.493 e. The van der Waals surface area contributed by atoms with Crippen LogP contribution in [0.15, 0.2) is 12.1 Å². The maximum absolute atomic E-state index is 12.5. The number of ether oxygens (including phenoxy) is 2. The summed E-state index contributed by atoms with van der Waals surface area (Å²) in [5.74, 6) is 0.865. The molecule has 0 radical (unpaired) electrons. The third-order valence-electron chi connectivity index (χ3n) is 3.87. The molecule has 2 unspecified atom stereocenters. The van der Waals surface area contributed by atoms with Gasteiger partial charge in [0.2, 0.25) is 0 Å². The lowest BCUT2D eigenvalue weighted by Gasteiger charge is -2.19. The predicted octanol–water partition coefficient (Wildman–Crippen LogP) is 2.20. The predicted molar refractivity (Wildman–Crippen MR) is 80.2 cm³/mol. The van der Waals surface area contributed by atoms with E-state index in [1.54, 1.807) is 24.0 Å². The summed E-state index contributed by atoms with van der Waals surface area (Å²) in [5.41, 5.74) is 0.462. The number of hydrogen-bond acceptors (Lipinski definition) is 4. The van der Waals surface area contributed by atoms with E-state index in [9.17, 15) is 9.90 Å². The van der Waals surface area contributed by atoms with Crippen molar-refractivity contribution in [3.63, 3.8) is 0 Å². The van der Waals surface area contributed by atoms with Gasteiger partial charge >= 0.3 is 0 Å². The first-order chi connectivity index (χ1) is 9.97. The highest BCUT2D eigenvalue weighted by molar-refractivity contribution is 6.32. The molecule has 1 amide bonds. The molecular formula is C15H20ClNO4. The lowest BCUT2D eigenvalue weighted by molar-refractivity contribution is 0.0762. The maximum Gasteiger partial charge on any atom is 0.254 e. The number of aliphatic hydroxyl groups is 1. The molecule has 1 N–H and O–H groups in total. The molecule has 6 heteroatoms. The third-order valence-corrected chi connectivity index (χ3v) is 4.16. The van der Waals surface area contributed by atoms with E-state index in [4.69, 9.17) is 21.1 Å². The summed E-state index contributed by atoms with van der Waals surface area (Å²) >= 11 is 6.13. The molecule has 1 heterocycles. The van der Waals surface area contributed by atoms with Crippen LogP contribution >= 0.6 is 11.6 Å². The second-order valence-corrected chi connectivity index (χ2v) is 5.64. The van der Waals surface area contributed by atoms with E-state index in [-0.39, 0.29) is 11.8 Å². The van der Waals surface area contributed by atoms with Gasteiger partial charge in [-0.25, -0.2) is 0 Å². The number of rotatable bonds is 4. The average Bonchev–Trinajstić information content (AvgIpc) is 2.95. The first-order valence-corrected chi connectivity index (χ1v) is 7.24. The number of halogens is 1. The van der Waals surface area contributed by atoms with Crippen molar-refractivity contribution in [1.29, 1.82) is 0 Å². The zero-order valence-corrected chi connectivity index (χ0v) is 13.2. The van der Waals surface area contributed by atoms with Gasteiger partial charge in [0, 0.05) is 24.6 Å². The molecule has 2 atom stereocenters. The van der Waals surface area contributed by atoms with Gasteiger partial charge in [-0.15, -0.1) is 0 Å². The second-order valence-electron chi connectivity index (χ2n) is 5.23. The quantitative estimate of drug-likeness (QED) is 0.926. The topological polar surface area (TPSA) is 59.0 Å². The molecule has 0 saturated carbocycles. The Balaban J connectivity index is 2.22. The van der Waals surface area contributed by atoms with Gasteiger partial charge in [0.15, 0.2) is 11.5 Å². The number of likely N-dealkylation sites (tertiary alicyclic amines) is 1. The molecule has 5 nitrogen and oxygen atoms in total. The Morgan fingerprint density at radius 3 is 2.67 bits per heavy atom. The zero-order valence-electron chi connectivity index (χ0n) is 12.4. The van der Waals surface area contributed by atoms with E-state index in [2.05, 4.69) is 0 Å². The fourth-order valence-corrected chi connectivity index (χ4v) is 2.88. The number of carbonyl (C=O) groups is 1. The Bertz CT molecular complexity index is 533. The molecular weight excluding hydrogens is 294 g/mol. The molecule has 1 aromatic carbocycles. The van der Waals surface area contributed by atoms with Crippen LogP contribution < -0.4 is 9.47 Å². The minimum absolute atomic E-state index is 0.110. The number of benzene rings is 1. The van der Waals surface area contributed by atoms with Gasteiger partial charge in [0.25, 0.3) is 5.91 Å². The highest BCUT2D eigenvalue weighted by Crippen LogP contribution is 2.36. The van der Waals surface area contributed by atoms with E-state index in [0.717, 1.165) is 6.42 Å². The summed E-state index contributed by atoms with van der Waals surface area (Å²) in [4.78, 5) is 14.3. The maximum atomic E-state index is 12.5. The van der Waals surface area contributed by atoms with Crippen molar-refractivity contribution in [3.05, 3.63) is 22.7 Å². The van der Waals surface area contributed by atoms with E-state index < -0.39 is 6.10 Å². The van der Waals surface area contributed by atoms with Crippen LogP contribution in [0.2, 0.25) is 5.02 Å². The molecule has 0 aromatic heterocycles. The van der Waals surface area contributed by atoms with Crippen LogP contribution in [0.4, 0.5) is 0 Å². The van der Waals surface area contributed by atoms with Crippen LogP contribution in [0.3, 0.4) is 0 Å². The van der Waals surface area contributed by atoms with Gasteiger partial charge in [-0.05, 0) is 25.5 Å². The molecule has 0 aliphatic carbocycles. The van der Waals surface area contributed by atoms with Gasteiger partial charge in [-0.2, -0.15) is 0 Å². The zero-order chi connectivity index (χ0) is 15.6. The third kappa shape index (κ3) is 3.24. The Kier molecular flexibility index (Phi) is 4.96. The smallest absolute Gasteiger partial charge is 0.254 e. The van der Waals surface area contributed by atoms with Crippen molar-refractivity contribution >= 4 is 17.5 Å². The molecule has 21 heavy (non-hydrogen) atoms. The summed E-state index contributed by atoms with van der Waals surface area (Å²) in [7, 11) is 3.00. The number of methoxy groups -OCH3 is 2. The lowest BCUT2D eigenvalue weighted by Crippen LogP contribution is -2.30. The van der Waals surface area contributed by atoms with Gasteiger partial charge in [0.1, 0.15) is 0 Å². The van der Waals surface area contributed by atoms with Crippen LogP contribution in [-0.2, 0) is 0 Å². The van der Waals surface area contributed by atoms with Crippen molar-refractivity contribution in [1.82, 2.24) is 4.90 Å². The van der Waals surface area contributed by atoms with E-state index in [0.29, 0.717) is 35.2 Å². The SMILES string of the molecule is COc1cc(C(=O)N2CCC(C(C)O)C2)cc(Cl)c1OC. The van der Waals surface area contributed by atoms with Crippen LogP contribution in [0.1, 0.15) is 23.7 Å². The molecule has 1 aliphatic rings. The molecule has 1 fully saturated rings. The van der Waals surface area contributed by atoms with Crippen LogP contribution in [-0.4, -0.2) is 49.3 Å². The highest BCUT2D eigenvalue weighted by atomic mass is 35.5. The number of carbonyl (C=O) groups excluding carboxylic acids is 1. The van der Waals surface area contributed by atoms with Crippen LogP contribution in [0.25, 0.3) is 0 Å². The molecule has 1 aromatic rings. The van der Waals surface area contributed by atoms with Crippen molar-refractivity contribution in [2.45, 2.75) is 19.4 Å². The van der Waals surface area contributed by atoms with E-state index in [1.165, 1.54) is 14.2 Å². The number of nitrogens with zero attached hydrogens (tertiary/aromatic N) is 1. The molecule has 0 bridgehead atoms. The summed E-state index contributed by atoms with van der Waals surface area (Å²) in [6.45, 7) is 2.95. The molecule has 116 valence electrons. The van der Waals surface area contributed by atoms with E-state index in [1.807, 2.05) is 0 Å². The van der Waals surface area contributed by atoms with Crippen molar-refractivity contribution in [3.8, 4) is 11.5 Å². The molecule has 0 spiro atoms. The van der Waals surface area contributed by atoms with Crippen LogP contribution in [0, 0.1) is 5.92 Å². The second kappa shape index (κ2) is 6.54. The first kappa shape index (κ1) is 15.9. The number of hydrogen-bond donors (Lipinski definition) is 1. The Labute approximate surface area is 129 Å².